The van der Waals surface area contributed by atoms with Gasteiger partial charge in [-0.25, -0.2) is 0 Å². The minimum absolute atomic E-state index is 0.0157. The first-order valence-corrected chi connectivity index (χ1v) is 6.96. The third kappa shape index (κ3) is 3.16. The van der Waals surface area contributed by atoms with Gasteiger partial charge in [0.1, 0.15) is 0 Å². The number of anilines is 1. The fourth-order valence-corrected chi connectivity index (χ4v) is 2.28. The molecule has 3 rings (SSSR count). The highest BCUT2D eigenvalue weighted by Gasteiger charge is 2.13. The van der Waals surface area contributed by atoms with Crippen LogP contribution in [0.3, 0.4) is 0 Å². The number of hydrogen-bond acceptors (Lipinski definition) is 3. The van der Waals surface area contributed by atoms with Gasteiger partial charge < -0.3 is 14.8 Å². The van der Waals surface area contributed by atoms with Crippen molar-refractivity contribution >= 4 is 11.6 Å². The van der Waals surface area contributed by atoms with Crippen LogP contribution >= 0.6 is 0 Å². The first-order chi connectivity index (χ1) is 10.2. The molecular formula is C17H17NO3. The fraction of sp³-hybridized carbons (Fsp3) is 0.235. The topological polar surface area (TPSA) is 47.6 Å². The standard InChI is InChI=1S/C17H17NO3/c1-12-4-2-3-5-14(12)18-17(19)9-7-13-6-8-15-16(10-13)21-11-20-15/h2-6,8,10H,7,9,11H2,1H3,(H,18,19). The van der Waals surface area contributed by atoms with Crippen LogP contribution in [0.15, 0.2) is 42.5 Å². The number of benzene rings is 2. The molecule has 1 amide bonds. The van der Waals surface area contributed by atoms with Crippen LogP contribution in [0, 0.1) is 6.92 Å². The van der Waals surface area contributed by atoms with Crippen molar-refractivity contribution in [1.29, 1.82) is 0 Å². The monoisotopic (exact) mass is 283 g/mol. The van der Waals surface area contributed by atoms with E-state index in [2.05, 4.69) is 5.32 Å². The normalized spacial score (nSPS) is 12.2. The first-order valence-electron chi connectivity index (χ1n) is 6.96. The molecular weight excluding hydrogens is 266 g/mol. The molecule has 2 aromatic carbocycles. The summed E-state index contributed by atoms with van der Waals surface area (Å²) in [4.78, 5) is 12.0. The van der Waals surface area contributed by atoms with Crippen LogP contribution in [0.2, 0.25) is 0 Å². The summed E-state index contributed by atoms with van der Waals surface area (Å²) >= 11 is 0. The molecule has 0 bridgehead atoms. The van der Waals surface area contributed by atoms with Crippen molar-refractivity contribution in [1.82, 2.24) is 0 Å². The molecule has 1 aliphatic heterocycles. The second kappa shape index (κ2) is 5.87. The summed E-state index contributed by atoms with van der Waals surface area (Å²) in [5.74, 6) is 1.54. The lowest BCUT2D eigenvalue weighted by Gasteiger charge is -2.08. The number of rotatable bonds is 4. The Balaban J connectivity index is 1.58. The quantitative estimate of drug-likeness (QED) is 0.936. The zero-order valence-electron chi connectivity index (χ0n) is 11.9. The van der Waals surface area contributed by atoms with Gasteiger partial charge in [0.05, 0.1) is 0 Å². The molecule has 108 valence electrons. The zero-order valence-corrected chi connectivity index (χ0v) is 11.9. The predicted octanol–water partition coefficient (Wildman–Crippen LogP) is 3.30. The van der Waals surface area contributed by atoms with Gasteiger partial charge in [0.25, 0.3) is 0 Å². The van der Waals surface area contributed by atoms with E-state index in [4.69, 9.17) is 9.47 Å². The van der Waals surface area contributed by atoms with Gasteiger partial charge in [-0.15, -0.1) is 0 Å². The number of amides is 1. The molecule has 0 spiro atoms. The minimum atomic E-state index is 0.0157. The van der Waals surface area contributed by atoms with Crippen LogP contribution in [-0.2, 0) is 11.2 Å². The van der Waals surface area contributed by atoms with Crippen molar-refractivity contribution in [3.63, 3.8) is 0 Å². The number of hydrogen-bond donors (Lipinski definition) is 1. The Bertz CT molecular complexity index is 667. The first kappa shape index (κ1) is 13.5. The molecule has 0 saturated heterocycles. The summed E-state index contributed by atoms with van der Waals surface area (Å²) in [6, 6.07) is 13.5. The van der Waals surface area contributed by atoms with Crippen molar-refractivity contribution in [2.24, 2.45) is 0 Å². The van der Waals surface area contributed by atoms with E-state index in [0.29, 0.717) is 12.8 Å². The largest absolute Gasteiger partial charge is 0.454 e. The maximum absolute atomic E-state index is 12.0. The second-order valence-corrected chi connectivity index (χ2v) is 5.05. The summed E-state index contributed by atoms with van der Waals surface area (Å²) in [6.07, 6.45) is 1.11. The Kier molecular flexibility index (Phi) is 3.77. The van der Waals surface area contributed by atoms with Gasteiger partial charge in [0.2, 0.25) is 12.7 Å². The minimum Gasteiger partial charge on any atom is -0.454 e. The summed E-state index contributed by atoms with van der Waals surface area (Å²) in [5, 5.41) is 2.94. The molecule has 2 aromatic rings. The Morgan fingerprint density at radius 1 is 1.14 bits per heavy atom. The van der Waals surface area contributed by atoms with Crippen LogP contribution in [0.1, 0.15) is 17.5 Å². The summed E-state index contributed by atoms with van der Waals surface area (Å²) in [7, 11) is 0. The Hall–Kier alpha value is -2.49. The van der Waals surface area contributed by atoms with Crippen molar-refractivity contribution < 1.29 is 14.3 Å². The lowest BCUT2D eigenvalue weighted by atomic mass is 10.1. The molecule has 1 heterocycles. The fourth-order valence-electron chi connectivity index (χ4n) is 2.28. The van der Waals surface area contributed by atoms with Gasteiger partial charge in [-0.1, -0.05) is 24.3 Å². The van der Waals surface area contributed by atoms with E-state index in [1.54, 1.807) is 0 Å². The lowest BCUT2D eigenvalue weighted by molar-refractivity contribution is -0.116. The number of carbonyl (C=O) groups is 1. The number of para-hydroxylation sites is 1. The van der Waals surface area contributed by atoms with Gasteiger partial charge in [-0.2, -0.15) is 0 Å². The highest BCUT2D eigenvalue weighted by atomic mass is 16.7. The van der Waals surface area contributed by atoms with Crippen molar-refractivity contribution in [3.8, 4) is 11.5 Å². The molecule has 1 N–H and O–H groups in total. The van der Waals surface area contributed by atoms with Crippen molar-refractivity contribution in [2.75, 3.05) is 12.1 Å². The average molecular weight is 283 g/mol. The molecule has 0 aromatic heterocycles. The van der Waals surface area contributed by atoms with E-state index in [9.17, 15) is 4.79 Å². The summed E-state index contributed by atoms with van der Waals surface area (Å²) in [6.45, 7) is 2.25. The van der Waals surface area contributed by atoms with E-state index < -0.39 is 0 Å². The van der Waals surface area contributed by atoms with Gasteiger partial charge in [-0.05, 0) is 42.7 Å². The van der Waals surface area contributed by atoms with Gasteiger partial charge in [-0.3, -0.25) is 4.79 Å². The molecule has 0 unspecified atom stereocenters. The molecule has 0 fully saturated rings. The zero-order chi connectivity index (χ0) is 14.7. The molecule has 0 atom stereocenters. The smallest absolute Gasteiger partial charge is 0.231 e. The second-order valence-electron chi connectivity index (χ2n) is 5.05. The molecule has 4 nitrogen and oxygen atoms in total. The van der Waals surface area contributed by atoms with Crippen molar-refractivity contribution in [2.45, 2.75) is 19.8 Å². The maximum atomic E-state index is 12.0. The van der Waals surface area contributed by atoms with Gasteiger partial charge in [0.15, 0.2) is 11.5 Å². The number of nitrogens with one attached hydrogen (secondary N) is 1. The number of fused-ring (bicyclic) bond motifs is 1. The summed E-state index contributed by atoms with van der Waals surface area (Å²) < 4.78 is 10.6. The summed E-state index contributed by atoms with van der Waals surface area (Å²) in [5.41, 5.74) is 3.00. The number of aryl methyl sites for hydroxylation is 2. The lowest BCUT2D eigenvalue weighted by Crippen LogP contribution is -2.13. The molecule has 4 heteroatoms. The molecule has 0 aliphatic carbocycles. The Morgan fingerprint density at radius 2 is 1.95 bits per heavy atom. The molecule has 0 radical (unpaired) electrons. The number of ether oxygens (including phenoxy) is 2. The van der Waals surface area contributed by atoms with Crippen LogP contribution in [-0.4, -0.2) is 12.7 Å². The maximum Gasteiger partial charge on any atom is 0.231 e. The van der Waals surface area contributed by atoms with Gasteiger partial charge in [0, 0.05) is 12.1 Å². The van der Waals surface area contributed by atoms with Crippen molar-refractivity contribution in [3.05, 3.63) is 53.6 Å². The third-order valence-electron chi connectivity index (χ3n) is 3.50. The van der Waals surface area contributed by atoms with E-state index in [-0.39, 0.29) is 12.7 Å². The van der Waals surface area contributed by atoms with Crippen LogP contribution in [0.25, 0.3) is 0 Å². The highest BCUT2D eigenvalue weighted by Crippen LogP contribution is 2.32. The average Bonchev–Trinajstić information content (AvgIpc) is 2.95. The molecule has 1 aliphatic rings. The Morgan fingerprint density at radius 3 is 2.81 bits per heavy atom. The van der Waals surface area contributed by atoms with E-state index in [1.165, 1.54) is 0 Å². The van der Waals surface area contributed by atoms with E-state index in [0.717, 1.165) is 28.3 Å². The number of carbonyl (C=O) groups excluding carboxylic acids is 1. The van der Waals surface area contributed by atoms with E-state index >= 15 is 0 Å². The SMILES string of the molecule is Cc1ccccc1NC(=O)CCc1ccc2c(c1)OCO2. The predicted molar refractivity (Wildman–Crippen MR) is 80.7 cm³/mol. The third-order valence-corrected chi connectivity index (χ3v) is 3.50. The highest BCUT2D eigenvalue weighted by molar-refractivity contribution is 5.91. The van der Waals surface area contributed by atoms with Crippen LogP contribution in [0.4, 0.5) is 5.69 Å². The van der Waals surface area contributed by atoms with E-state index in [1.807, 2.05) is 49.4 Å². The molecule has 21 heavy (non-hydrogen) atoms. The van der Waals surface area contributed by atoms with Gasteiger partial charge >= 0.3 is 0 Å². The Labute approximate surface area is 123 Å². The van der Waals surface area contributed by atoms with Crippen LogP contribution in [0.5, 0.6) is 11.5 Å². The van der Waals surface area contributed by atoms with Crippen LogP contribution < -0.4 is 14.8 Å². The molecule has 0 saturated carbocycles.